The lowest BCUT2D eigenvalue weighted by molar-refractivity contribution is -0.125. The zero-order chi connectivity index (χ0) is 13.9. The maximum Gasteiger partial charge on any atom is 0.268 e. The van der Waals surface area contributed by atoms with Gasteiger partial charge in [0.15, 0.2) is 5.78 Å². The number of nitrogens with two attached hydrogens (primary N) is 1. The van der Waals surface area contributed by atoms with Crippen molar-refractivity contribution in [1.82, 2.24) is 9.88 Å². The molecule has 18 heavy (non-hydrogen) atoms. The zero-order valence-electron chi connectivity index (χ0n) is 10.1. The van der Waals surface area contributed by atoms with Crippen molar-refractivity contribution in [3.05, 3.63) is 23.5 Å². The lowest BCUT2D eigenvalue weighted by Gasteiger charge is -2.08. The number of hydrogen-bond donors (Lipinski definition) is 3. The Morgan fingerprint density at radius 1 is 1.50 bits per heavy atom. The minimum Gasteiger partial charge on any atom is -0.381 e. The van der Waals surface area contributed by atoms with Gasteiger partial charge in [0.05, 0.1) is 6.54 Å². The number of aromatic nitrogens is 1. The smallest absolute Gasteiger partial charge is 0.268 e. The van der Waals surface area contributed by atoms with Gasteiger partial charge in [0.2, 0.25) is 5.91 Å². The molecule has 1 unspecified atom stereocenters. The number of ketones is 1. The minimum atomic E-state index is -1.43. The molecule has 98 valence electrons. The highest BCUT2D eigenvalue weighted by molar-refractivity contribution is 5.99. The fourth-order valence-electron chi connectivity index (χ4n) is 1.36. The highest BCUT2D eigenvalue weighted by Crippen LogP contribution is 2.07. The molecule has 0 aliphatic rings. The summed E-state index contributed by atoms with van der Waals surface area (Å²) >= 11 is 0. The predicted molar refractivity (Wildman–Crippen MR) is 63.0 cm³/mol. The van der Waals surface area contributed by atoms with E-state index in [9.17, 15) is 14.4 Å². The van der Waals surface area contributed by atoms with E-state index in [1.54, 1.807) is 7.05 Å². The molecule has 0 saturated heterocycles. The standard InChI is InChI=1S/C11H15N3O4/c1-6(15)7-3-8(14(2)5-7)11(18)13-4-9(16)10(12)17/h3,5,9,16H,4H2,1-2H3,(H2,12,17)(H,13,18). The van der Waals surface area contributed by atoms with Crippen LogP contribution in [0, 0.1) is 0 Å². The summed E-state index contributed by atoms with van der Waals surface area (Å²) in [6.07, 6.45) is 0.100. The van der Waals surface area contributed by atoms with E-state index in [0.29, 0.717) is 5.56 Å². The van der Waals surface area contributed by atoms with Gasteiger partial charge in [-0.05, 0) is 13.0 Å². The molecule has 0 aromatic carbocycles. The van der Waals surface area contributed by atoms with E-state index in [-0.39, 0.29) is 18.0 Å². The third-order valence-corrected chi connectivity index (χ3v) is 2.43. The molecule has 0 fully saturated rings. The quantitative estimate of drug-likeness (QED) is 0.572. The number of aliphatic hydroxyl groups is 1. The Morgan fingerprint density at radius 3 is 2.56 bits per heavy atom. The maximum atomic E-state index is 11.7. The third-order valence-electron chi connectivity index (χ3n) is 2.43. The van der Waals surface area contributed by atoms with Gasteiger partial charge in [-0.3, -0.25) is 14.4 Å². The Morgan fingerprint density at radius 2 is 2.11 bits per heavy atom. The van der Waals surface area contributed by atoms with Gasteiger partial charge < -0.3 is 20.7 Å². The van der Waals surface area contributed by atoms with Gasteiger partial charge in [-0.25, -0.2) is 0 Å². The van der Waals surface area contributed by atoms with Gasteiger partial charge in [0, 0.05) is 18.8 Å². The lowest BCUT2D eigenvalue weighted by Crippen LogP contribution is -2.40. The Labute approximate surface area is 104 Å². The molecule has 1 aromatic heterocycles. The Kier molecular flexibility index (Phi) is 4.22. The molecule has 1 aromatic rings. The molecule has 4 N–H and O–H groups in total. The largest absolute Gasteiger partial charge is 0.381 e. The number of primary amides is 1. The number of nitrogens with zero attached hydrogens (tertiary/aromatic N) is 1. The molecule has 1 heterocycles. The van der Waals surface area contributed by atoms with Crippen LogP contribution in [-0.2, 0) is 11.8 Å². The maximum absolute atomic E-state index is 11.7. The van der Waals surface area contributed by atoms with Crippen LogP contribution in [0.15, 0.2) is 12.3 Å². The second-order valence-electron chi connectivity index (χ2n) is 3.91. The molecule has 7 nitrogen and oxygen atoms in total. The van der Waals surface area contributed by atoms with Crippen molar-refractivity contribution in [2.24, 2.45) is 12.8 Å². The van der Waals surface area contributed by atoms with Crippen molar-refractivity contribution in [3.63, 3.8) is 0 Å². The van der Waals surface area contributed by atoms with Crippen LogP contribution < -0.4 is 11.1 Å². The van der Waals surface area contributed by atoms with Crippen molar-refractivity contribution in [2.45, 2.75) is 13.0 Å². The van der Waals surface area contributed by atoms with Crippen LogP contribution in [-0.4, -0.2) is 39.9 Å². The van der Waals surface area contributed by atoms with Crippen molar-refractivity contribution in [2.75, 3.05) is 6.54 Å². The molecule has 1 atom stereocenters. The van der Waals surface area contributed by atoms with Crippen LogP contribution in [0.5, 0.6) is 0 Å². The van der Waals surface area contributed by atoms with Crippen LogP contribution in [0.25, 0.3) is 0 Å². The number of carbonyl (C=O) groups excluding carboxylic acids is 3. The summed E-state index contributed by atoms with van der Waals surface area (Å²) in [5.74, 6) is -1.56. The first-order valence-electron chi connectivity index (χ1n) is 5.25. The Hall–Kier alpha value is -2.15. The van der Waals surface area contributed by atoms with E-state index in [0.717, 1.165) is 0 Å². The topological polar surface area (TPSA) is 114 Å². The SMILES string of the molecule is CC(=O)c1cc(C(=O)NCC(O)C(N)=O)n(C)c1. The van der Waals surface area contributed by atoms with Crippen LogP contribution in [0.1, 0.15) is 27.8 Å². The van der Waals surface area contributed by atoms with Crippen molar-refractivity contribution in [3.8, 4) is 0 Å². The molecule has 0 aliphatic heterocycles. The highest BCUT2D eigenvalue weighted by Gasteiger charge is 2.16. The molecule has 7 heteroatoms. The summed E-state index contributed by atoms with van der Waals surface area (Å²) < 4.78 is 1.49. The van der Waals surface area contributed by atoms with E-state index in [1.807, 2.05) is 0 Å². The first kappa shape index (κ1) is 13.9. The van der Waals surface area contributed by atoms with Gasteiger partial charge in [-0.2, -0.15) is 0 Å². The van der Waals surface area contributed by atoms with E-state index >= 15 is 0 Å². The molecular weight excluding hydrogens is 238 g/mol. The summed E-state index contributed by atoms with van der Waals surface area (Å²) in [7, 11) is 1.62. The van der Waals surface area contributed by atoms with Crippen LogP contribution in [0.3, 0.4) is 0 Å². The summed E-state index contributed by atoms with van der Waals surface area (Å²) in [6.45, 7) is 1.13. The number of carbonyl (C=O) groups is 3. The number of Topliss-reactive ketones (excluding diaryl/α,β-unsaturated/α-hetero) is 1. The first-order valence-corrected chi connectivity index (χ1v) is 5.25. The monoisotopic (exact) mass is 253 g/mol. The van der Waals surface area contributed by atoms with Gasteiger partial charge in [0.25, 0.3) is 5.91 Å². The number of aryl methyl sites for hydroxylation is 1. The second-order valence-corrected chi connectivity index (χ2v) is 3.91. The number of rotatable bonds is 5. The number of aliphatic hydroxyl groups excluding tert-OH is 1. The fraction of sp³-hybridized carbons (Fsp3) is 0.364. The normalized spacial score (nSPS) is 11.9. The lowest BCUT2D eigenvalue weighted by atomic mass is 10.2. The molecule has 0 bridgehead atoms. The molecular formula is C11H15N3O4. The average Bonchev–Trinajstić information content (AvgIpc) is 2.67. The molecule has 0 aliphatic carbocycles. The molecule has 0 radical (unpaired) electrons. The summed E-state index contributed by atoms with van der Waals surface area (Å²) in [6, 6.07) is 1.44. The summed E-state index contributed by atoms with van der Waals surface area (Å²) in [5, 5.41) is 11.5. The summed E-state index contributed by atoms with van der Waals surface area (Å²) in [5.41, 5.74) is 5.52. The van der Waals surface area contributed by atoms with Gasteiger partial charge >= 0.3 is 0 Å². The van der Waals surface area contributed by atoms with Crippen LogP contribution >= 0.6 is 0 Å². The van der Waals surface area contributed by atoms with Gasteiger partial charge in [-0.15, -0.1) is 0 Å². The van der Waals surface area contributed by atoms with Crippen molar-refractivity contribution < 1.29 is 19.5 Å². The predicted octanol–water partition coefficient (Wildman–Crippen LogP) is -1.20. The fourth-order valence-corrected chi connectivity index (χ4v) is 1.36. The Bertz CT molecular complexity index is 492. The molecule has 1 rings (SSSR count). The zero-order valence-corrected chi connectivity index (χ0v) is 10.1. The highest BCUT2D eigenvalue weighted by atomic mass is 16.3. The second kappa shape index (κ2) is 5.46. The molecule has 0 saturated carbocycles. The van der Waals surface area contributed by atoms with E-state index < -0.39 is 17.9 Å². The van der Waals surface area contributed by atoms with E-state index in [4.69, 9.17) is 10.8 Å². The third kappa shape index (κ3) is 3.17. The van der Waals surface area contributed by atoms with Crippen molar-refractivity contribution >= 4 is 17.6 Å². The number of nitrogens with one attached hydrogen (secondary N) is 1. The van der Waals surface area contributed by atoms with Gasteiger partial charge in [-0.1, -0.05) is 0 Å². The number of hydrogen-bond acceptors (Lipinski definition) is 4. The van der Waals surface area contributed by atoms with E-state index in [2.05, 4.69) is 5.32 Å². The summed E-state index contributed by atoms with van der Waals surface area (Å²) in [4.78, 5) is 33.4. The first-order chi connectivity index (χ1) is 8.32. The van der Waals surface area contributed by atoms with Crippen LogP contribution in [0.4, 0.5) is 0 Å². The Balaban J connectivity index is 2.73. The number of amides is 2. The molecule has 0 spiro atoms. The van der Waals surface area contributed by atoms with Crippen LogP contribution in [0.2, 0.25) is 0 Å². The van der Waals surface area contributed by atoms with E-state index in [1.165, 1.54) is 23.8 Å². The van der Waals surface area contributed by atoms with Gasteiger partial charge in [0.1, 0.15) is 11.8 Å². The minimum absolute atomic E-state index is 0.151. The van der Waals surface area contributed by atoms with Crippen molar-refractivity contribution in [1.29, 1.82) is 0 Å². The average molecular weight is 253 g/mol. The molecule has 2 amide bonds.